The quantitative estimate of drug-likeness (QED) is 0.635. The van der Waals surface area contributed by atoms with E-state index in [1.54, 1.807) is 0 Å². The smallest absolute Gasteiger partial charge is 0.319 e. The Bertz CT molecular complexity index is 510. The van der Waals surface area contributed by atoms with Crippen molar-refractivity contribution >= 4 is 11.9 Å². The molecular formula is C12H12N2O2. The third kappa shape index (κ3) is 1.04. The molecule has 2 aliphatic rings. The average Bonchev–Trinajstić information content (AvgIpc) is 2.71. The van der Waals surface area contributed by atoms with Crippen LogP contribution in [0, 0.1) is 6.92 Å². The van der Waals surface area contributed by atoms with Crippen molar-refractivity contribution in [1.29, 1.82) is 0 Å². The minimum absolute atomic E-state index is 0.221. The summed E-state index contributed by atoms with van der Waals surface area (Å²) in [5.74, 6) is -0.221. The predicted molar refractivity (Wildman–Crippen MR) is 57.9 cm³/mol. The predicted octanol–water partition coefficient (Wildman–Crippen LogP) is 0.976. The molecule has 1 heterocycles. The number of nitrogens with one attached hydrogen (secondary N) is 2. The molecule has 4 heteroatoms. The van der Waals surface area contributed by atoms with Gasteiger partial charge in [0.2, 0.25) is 0 Å². The normalized spacial score (nSPS) is 26.8. The van der Waals surface area contributed by atoms with E-state index in [1.807, 2.05) is 25.1 Å². The molecule has 16 heavy (non-hydrogen) atoms. The van der Waals surface area contributed by atoms with Crippen molar-refractivity contribution in [3.8, 4) is 0 Å². The topological polar surface area (TPSA) is 58.2 Å². The molecule has 3 amide bonds. The molecule has 1 aromatic carbocycles. The minimum Gasteiger partial charge on any atom is -0.319 e. The Morgan fingerprint density at radius 2 is 2.12 bits per heavy atom. The molecular weight excluding hydrogens is 204 g/mol. The largest absolute Gasteiger partial charge is 0.322 e. The van der Waals surface area contributed by atoms with Gasteiger partial charge in [0.1, 0.15) is 5.54 Å². The fourth-order valence-corrected chi connectivity index (χ4v) is 2.62. The SMILES string of the molecule is Cc1ccc2c(c1)C1(CC2)NC(=O)NC1=O. The number of rotatable bonds is 0. The van der Waals surface area contributed by atoms with Crippen molar-refractivity contribution in [1.82, 2.24) is 10.6 Å². The van der Waals surface area contributed by atoms with E-state index in [0.29, 0.717) is 6.42 Å². The molecule has 1 fully saturated rings. The molecule has 0 saturated carbocycles. The van der Waals surface area contributed by atoms with Gasteiger partial charge < -0.3 is 5.32 Å². The van der Waals surface area contributed by atoms with Crippen LogP contribution in [0.25, 0.3) is 0 Å². The molecule has 1 aliphatic carbocycles. The Hall–Kier alpha value is -1.84. The first-order valence-corrected chi connectivity index (χ1v) is 5.35. The lowest BCUT2D eigenvalue weighted by Gasteiger charge is -2.21. The summed E-state index contributed by atoms with van der Waals surface area (Å²) in [4.78, 5) is 23.2. The highest BCUT2D eigenvalue weighted by Crippen LogP contribution is 2.39. The number of hydrogen-bond donors (Lipinski definition) is 2. The molecule has 1 atom stereocenters. The number of imide groups is 1. The third-order valence-corrected chi connectivity index (χ3v) is 3.44. The Balaban J connectivity index is 2.18. The van der Waals surface area contributed by atoms with Crippen LogP contribution in [0.3, 0.4) is 0 Å². The molecule has 3 rings (SSSR count). The second-order valence-electron chi connectivity index (χ2n) is 4.47. The lowest BCUT2D eigenvalue weighted by molar-refractivity contribution is -0.124. The van der Waals surface area contributed by atoms with Gasteiger partial charge in [-0.1, -0.05) is 23.8 Å². The van der Waals surface area contributed by atoms with Crippen molar-refractivity contribution in [2.75, 3.05) is 0 Å². The van der Waals surface area contributed by atoms with Gasteiger partial charge in [-0.05, 0) is 30.9 Å². The van der Waals surface area contributed by atoms with Gasteiger partial charge in [-0.15, -0.1) is 0 Å². The lowest BCUT2D eigenvalue weighted by Crippen LogP contribution is -2.41. The van der Waals surface area contributed by atoms with Crippen LogP contribution in [0.15, 0.2) is 18.2 Å². The van der Waals surface area contributed by atoms with Crippen LogP contribution in [0.4, 0.5) is 4.79 Å². The average molecular weight is 216 g/mol. The summed E-state index contributed by atoms with van der Waals surface area (Å²) in [5, 5.41) is 5.08. The summed E-state index contributed by atoms with van der Waals surface area (Å²) in [5.41, 5.74) is 2.41. The van der Waals surface area contributed by atoms with Crippen molar-refractivity contribution in [3.05, 3.63) is 34.9 Å². The second-order valence-corrected chi connectivity index (χ2v) is 4.47. The van der Waals surface area contributed by atoms with Crippen LogP contribution in [-0.2, 0) is 16.8 Å². The van der Waals surface area contributed by atoms with Crippen LogP contribution >= 0.6 is 0 Å². The highest BCUT2D eigenvalue weighted by atomic mass is 16.2. The highest BCUT2D eigenvalue weighted by Gasteiger charge is 2.51. The molecule has 0 aromatic heterocycles. The van der Waals surface area contributed by atoms with Gasteiger partial charge in [0, 0.05) is 0 Å². The highest BCUT2D eigenvalue weighted by molar-refractivity contribution is 6.08. The van der Waals surface area contributed by atoms with E-state index in [9.17, 15) is 9.59 Å². The van der Waals surface area contributed by atoms with Crippen molar-refractivity contribution < 1.29 is 9.59 Å². The van der Waals surface area contributed by atoms with Crippen LogP contribution < -0.4 is 10.6 Å². The first-order valence-electron chi connectivity index (χ1n) is 5.35. The molecule has 4 nitrogen and oxygen atoms in total. The van der Waals surface area contributed by atoms with Gasteiger partial charge in [0.25, 0.3) is 5.91 Å². The number of hydrogen-bond acceptors (Lipinski definition) is 2. The fourth-order valence-electron chi connectivity index (χ4n) is 2.62. The summed E-state index contributed by atoms with van der Waals surface area (Å²) in [6.45, 7) is 1.99. The van der Waals surface area contributed by atoms with Gasteiger partial charge >= 0.3 is 6.03 Å². The maximum Gasteiger partial charge on any atom is 0.322 e. The Morgan fingerprint density at radius 3 is 2.81 bits per heavy atom. The summed E-state index contributed by atoms with van der Waals surface area (Å²) in [7, 11) is 0. The Labute approximate surface area is 93.0 Å². The van der Waals surface area contributed by atoms with Crippen molar-refractivity contribution in [2.24, 2.45) is 0 Å². The summed E-state index contributed by atoms with van der Waals surface area (Å²) in [6.07, 6.45) is 1.49. The van der Waals surface area contributed by atoms with E-state index in [1.165, 1.54) is 0 Å². The van der Waals surface area contributed by atoms with Crippen LogP contribution in [0.1, 0.15) is 23.1 Å². The molecule has 1 unspecified atom stereocenters. The number of fused-ring (bicyclic) bond motifs is 2. The second kappa shape index (κ2) is 2.84. The van der Waals surface area contributed by atoms with E-state index in [4.69, 9.17) is 0 Å². The van der Waals surface area contributed by atoms with Crippen molar-refractivity contribution in [2.45, 2.75) is 25.3 Å². The summed E-state index contributed by atoms with van der Waals surface area (Å²) < 4.78 is 0. The van der Waals surface area contributed by atoms with Gasteiger partial charge in [-0.2, -0.15) is 0 Å². The molecule has 1 aliphatic heterocycles. The van der Waals surface area contributed by atoms with Crippen molar-refractivity contribution in [3.63, 3.8) is 0 Å². The number of carbonyl (C=O) groups excluding carboxylic acids is 2. The van der Waals surface area contributed by atoms with Gasteiger partial charge in [0.05, 0.1) is 0 Å². The zero-order valence-electron chi connectivity index (χ0n) is 8.96. The number of urea groups is 1. The number of amides is 3. The third-order valence-electron chi connectivity index (χ3n) is 3.44. The number of aryl methyl sites for hydroxylation is 2. The molecule has 1 aromatic rings. The minimum atomic E-state index is -0.807. The van der Waals surface area contributed by atoms with E-state index in [0.717, 1.165) is 23.1 Å². The maximum absolute atomic E-state index is 11.9. The first-order chi connectivity index (χ1) is 7.62. The van der Waals surface area contributed by atoms with Gasteiger partial charge in [-0.3, -0.25) is 10.1 Å². The maximum atomic E-state index is 11.9. The molecule has 0 bridgehead atoms. The van der Waals surface area contributed by atoms with Gasteiger partial charge in [0.15, 0.2) is 0 Å². The number of carbonyl (C=O) groups is 2. The first kappa shape index (κ1) is 9.39. The lowest BCUT2D eigenvalue weighted by atomic mass is 9.91. The number of benzene rings is 1. The zero-order valence-corrected chi connectivity index (χ0v) is 8.96. The standard InChI is InChI=1S/C12H12N2O2/c1-7-2-3-8-4-5-12(9(8)6-7)10(15)13-11(16)14-12/h2-3,6H,4-5H2,1H3,(H2,13,14,15,16). The molecule has 1 spiro atoms. The Kier molecular flexibility index (Phi) is 1.67. The van der Waals surface area contributed by atoms with E-state index in [-0.39, 0.29) is 11.9 Å². The molecule has 0 radical (unpaired) electrons. The van der Waals surface area contributed by atoms with Gasteiger partial charge in [-0.25, -0.2) is 4.79 Å². The zero-order chi connectivity index (χ0) is 11.3. The van der Waals surface area contributed by atoms with E-state index >= 15 is 0 Å². The summed E-state index contributed by atoms with van der Waals surface area (Å²) in [6, 6.07) is 5.68. The van der Waals surface area contributed by atoms with Crippen LogP contribution in [-0.4, -0.2) is 11.9 Å². The van der Waals surface area contributed by atoms with Crippen LogP contribution in [0.5, 0.6) is 0 Å². The Morgan fingerprint density at radius 1 is 1.31 bits per heavy atom. The van der Waals surface area contributed by atoms with E-state index in [2.05, 4.69) is 10.6 Å². The molecule has 82 valence electrons. The van der Waals surface area contributed by atoms with Crippen LogP contribution in [0.2, 0.25) is 0 Å². The monoisotopic (exact) mass is 216 g/mol. The summed E-state index contributed by atoms with van der Waals surface area (Å²) >= 11 is 0. The molecule has 2 N–H and O–H groups in total. The fraction of sp³-hybridized carbons (Fsp3) is 0.333. The van der Waals surface area contributed by atoms with E-state index < -0.39 is 5.54 Å². The molecule has 1 saturated heterocycles.